The minimum Gasteiger partial charge on any atom is -0.396 e. The summed E-state index contributed by atoms with van der Waals surface area (Å²) in [5, 5.41) is 10.4. The molecule has 2 rings (SSSR count). The highest BCUT2D eigenvalue weighted by atomic mass is 32.2. The van der Waals surface area contributed by atoms with Gasteiger partial charge in [-0.1, -0.05) is 18.2 Å². The maximum Gasteiger partial charge on any atom is 0.167 e. The summed E-state index contributed by atoms with van der Waals surface area (Å²) in [6.45, 7) is 0.375. The largest absolute Gasteiger partial charge is 0.396 e. The minimum absolute atomic E-state index is 0.280. The van der Waals surface area contributed by atoms with Crippen LogP contribution in [0.5, 0.6) is 0 Å². The number of hydrogen-bond donors (Lipinski definition) is 1. The van der Waals surface area contributed by atoms with Crippen molar-refractivity contribution < 1.29 is 5.11 Å². The van der Waals surface area contributed by atoms with Crippen molar-refractivity contribution in [1.82, 2.24) is 9.55 Å². The van der Waals surface area contributed by atoms with Gasteiger partial charge in [0.1, 0.15) is 0 Å². The number of aromatic nitrogens is 2. The first kappa shape index (κ1) is 12.0. The summed E-state index contributed by atoms with van der Waals surface area (Å²) in [5.74, 6) is 1.10. The van der Waals surface area contributed by atoms with Crippen LogP contribution in [0.2, 0.25) is 0 Å². The van der Waals surface area contributed by atoms with E-state index in [4.69, 9.17) is 0 Å². The quantitative estimate of drug-likeness (QED) is 0.613. The normalized spacial score (nSPS) is 18.4. The third kappa shape index (κ3) is 2.61. The molecule has 3 nitrogen and oxygen atoms in total. The zero-order valence-corrected chi connectivity index (χ0v) is 10.7. The average molecular weight is 240 g/mol. The van der Waals surface area contributed by atoms with E-state index in [2.05, 4.69) is 9.55 Å². The van der Waals surface area contributed by atoms with E-state index in [1.165, 1.54) is 32.1 Å². The van der Waals surface area contributed by atoms with Gasteiger partial charge in [-0.05, 0) is 31.1 Å². The van der Waals surface area contributed by atoms with Crippen molar-refractivity contribution in [2.45, 2.75) is 37.3 Å². The zero-order valence-electron chi connectivity index (χ0n) is 9.85. The summed E-state index contributed by atoms with van der Waals surface area (Å²) in [7, 11) is 2.02. The lowest BCUT2D eigenvalue weighted by atomic mass is 9.67. The molecule has 0 aromatic carbocycles. The second-order valence-electron chi connectivity index (χ2n) is 4.78. The van der Waals surface area contributed by atoms with E-state index in [1.807, 2.05) is 31.2 Å². The topological polar surface area (TPSA) is 38.0 Å². The van der Waals surface area contributed by atoms with Gasteiger partial charge in [-0.3, -0.25) is 0 Å². The van der Waals surface area contributed by atoms with Crippen LogP contribution in [-0.2, 0) is 7.05 Å². The van der Waals surface area contributed by atoms with Crippen LogP contribution in [-0.4, -0.2) is 27.0 Å². The maximum absolute atomic E-state index is 9.34. The van der Waals surface area contributed by atoms with Crippen LogP contribution in [0.4, 0.5) is 0 Å². The molecule has 1 N–H and O–H groups in total. The first-order valence-electron chi connectivity index (χ1n) is 5.97. The first-order valence-corrected chi connectivity index (χ1v) is 6.95. The Labute approximate surface area is 101 Å². The lowest BCUT2D eigenvalue weighted by Crippen LogP contribution is -2.33. The molecular weight excluding hydrogens is 220 g/mol. The Kier molecular flexibility index (Phi) is 3.92. The molecule has 1 aromatic rings. The minimum atomic E-state index is 0.280. The monoisotopic (exact) mass is 240 g/mol. The highest BCUT2D eigenvalue weighted by molar-refractivity contribution is 7.99. The Balaban J connectivity index is 1.67. The summed E-state index contributed by atoms with van der Waals surface area (Å²) in [6.07, 6.45) is 9.90. The Hall–Kier alpha value is -0.480. The molecule has 0 unspecified atom stereocenters. The van der Waals surface area contributed by atoms with E-state index in [1.54, 1.807) is 0 Å². The second kappa shape index (κ2) is 5.23. The summed E-state index contributed by atoms with van der Waals surface area (Å²) >= 11 is 1.81. The molecule has 0 aliphatic heterocycles. The van der Waals surface area contributed by atoms with Crippen molar-refractivity contribution in [3.8, 4) is 0 Å². The first-order chi connectivity index (χ1) is 7.76. The van der Waals surface area contributed by atoms with Gasteiger partial charge in [-0.15, -0.1) is 0 Å². The van der Waals surface area contributed by atoms with Gasteiger partial charge in [-0.25, -0.2) is 4.98 Å². The van der Waals surface area contributed by atoms with Gasteiger partial charge in [0.15, 0.2) is 5.16 Å². The molecule has 0 spiro atoms. The Morgan fingerprint density at radius 3 is 2.88 bits per heavy atom. The average Bonchev–Trinajstić information content (AvgIpc) is 2.62. The predicted octanol–water partition coefficient (Wildman–Crippen LogP) is 2.46. The van der Waals surface area contributed by atoms with Gasteiger partial charge < -0.3 is 9.67 Å². The fourth-order valence-electron chi connectivity index (χ4n) is 2.27. The third-order valence-corrected chi connectivity index (χ3v) is 4.75. The lowest BCUT2D eigenvalue weighted by molar-refractivity contribution is 0.0358. The van der Waals surface area contributed by atoms with Crippen LogP contribution in [0, 0.1) is 5.41 Å². The molecule has 1 heterocycles. The van der Waals surface area contributed by atoms with Crippen molar-refractivity contribution in [2.75, 3.05) is 12.4 Å². The Morgan fingerprint density at radius 2 is 2.38 bits per heavy atom. The number of thioether (sulfide) groups is 1. The molecule has 1 aliphatic rings. The highest BCUT2D eigenvalue weighted by Gasteiger charge is 2.35. The van der Waals surface area contributed by atoms with Gasteiger partial charge in [0.2, 0.25) is 0 Å². The molecule has 1 fully saturated rings. The smallest absolute Gasteiger partial charge is 0.167 e. The van der Waals surface area contributed by atoms with Crippen molar-refractivity contribution in [1.29, 1.82) is 0 Å². The summed E-state index contributed by atoms with van der Waals surface area (Å²) in [5.41, 5.74) is 0.280. The lowest BCUT2D eigenvalue weighted by Gasteiger charge is -2.40. The van der Waals surface area contributed by atoms with Gasteiger partial charge >= 0.3 is 0 Å². The summed E-state index contributed by atoms with van der Waals surface area (Å²) < 4.78 is 2.05. The Morgan fingerprint density at radius 1 is 1.56 bits per heavy atom. The van der Waals surface area contributed by atoms with Crippen molar-refractivity contribution >= 4 is 11.8 Å². The van der Waals surface area contributed by atoms with Crippen LogP contribution in [0.3, 0.4) is 0 Å². The number of aliphatic hydroxyl groups excluding tert-OH is 1. The Bertz CT molecular complexity index is 328. The molecule has 1 saturated carbocycles. The van der Waals surface area contributed by atoms with Crippen LogP contribution in [0.1, 0.15) is 32.1 Å². The van der Waals surface area contributed by atoms with E-state index >= 15 is 0 Å². The number of imidazole rings is 1. The maximum atomic E-state index is 9.34. The molecule has 0 radical (unpaired) electrons. The molecule has 0 atom stereocenters. The zero-order chi connectivity index (χ0) is 11.4. The molecular formula is C12H20N2OS. The molecule has 0 bridgehead atoms. The van der Waals surface area contributed by atoms with Crippen molar-refractivity contribution in [3.05, 3.63) is 12.4 Å². The molecule has 1 aliphatic carbocycles. The van der Waals surface area contributed by atoms with Gasteiger partial charge in [-0.2, -0.15) is 0 Å². The number of aliphatic hydroxyl groups is 1. The number of aryl methyl sites for hydroxylation is 1. The van der Waals surface area contributed by atoms with E-state index in [-0.39, 0.29) is 5.41 Å². The van der Waals surface area contributed by atoms with Crippen LogP contribution >= 0.6 is 11.8 Å². The van der Waals surface area contributed by atoms with Crippen LogP contribution < -0.4 is 0 Å². The standard InChI is InChI=1S/C12H20N2OS/c1-14-8-7-13-11(14)16-9-3-6-12(10-15)4-2-5-12/h7-8,15H,2-6,9-10H2,1H3. The van der Waals surface area contributed by atoms with E-state index < -0.39 is 0 Å². The van der Waals surface area contributed by atoms with E-state index in [9.17, 15) is 5.11 Å². The molecule has 1 aromatic heterocycles. The summed E-state index contributed by atoms with van der Waals surface area (Å²) in [6, 6.07) is 0. The van der Waals surface area contributed by atoms with E-state index in [0.29, 0.717) is 6.61 Å². The third-order valence-electron chi connectivity index (χ3n) is 3.61. The second-order valence-corrected chi connectivity index (χ2v) is 5.85. The predicted molar refractivity (Wildman–Crippen MR) is 66.5 cm³/mol. The molecule has 90 valence electrons. The molecule has 0 amide bonds. The fraction of sp³-hybridized carbons (Fsp3) is 0.750. The summed E-state index contributed by atoms with van der Waals surface area (Å²) in [4.78, 5) is 4.28. The van der Waals surface area contributed by atoms with Crippen molar-refractivity contribution in [3.63, 3.8) is 0 Å². The van der Waals surface area contributed by atoms with Gasteiger partial charge in [0, 0.05) is 31.8 Å². The SMILES string of the molecule is Cn1ccnc1SCCCC1(CO)CCC1. The number of hydrogen-bond acceptors (Lipinski definition) is 3. The van der Waals surface area contributed by atoms with Gasteiger partial charge in [0.05, 0.1) is 0 Å². The number of rotatable bonds is 6. The van der Waals surface area contributed by atoms with Gasteiger partial charge in [0.25, 0.3) is 0 Å². The number of nitrogens with zero attached hydrogens (tertiary/aromatic N) is 2. The fourth-order valence-corrected chi connectivity index (χ4v) is 3.14. The molecule has 4 heteroatoms. The molecule has 0 saturated heterocycles. The highest BCUT2D eigenvalue weighted by Crippen LogP contribution is 2.44. The van der Waals surface area contributed by atoms with Crippen LogP contribution in [0.15, 0.2) is 17.6 Å². The van der Waals surface area contributed by atoms with E-state index in [0.717, 1.165) is 10.9 Å². The van der Waals surface area contributed by atoms with Crippen molar-refractivity contribution in [2.24, 2.45) is 12.5 Å². The van der Waals surface area contributed by atoms with Crippen LogP contribution in [0.25, 0.3) is 0 Å². The molecule has 16 heavy (non-hydrogen) atoms.